The summed E-state index contributed by atoms with van der Waals surface area (Å²) in [6.07, 6.45) is 0.348. The number of alkyl halides is 2. The van der Waals surface area contributed by atoms with Crippen molar-refractivity contribution in [2.45, 2.75) is 18.8 Å². The molecule has 0 unspecified atom stereocenters. The molecule has 1 aliphatic rings. The van der Waals surface area contributed by atoms with Crippen molar-refractivity contribution in [2.75, 3.05) is 18.0 Å². The van der Waals surface area contributed by atoms with Crippen molar-refractivity contribution in [3.63, 3.8) is 0 Å². The summed E-state index contributed by atoms with van der Waals surface area (Å²) >= 11 is 5.61. The van der Waals surface area contributed by atoms with Gasteiger partial charge in [0.25, 0.3) is 5.92 Å². The Morgan fingerprint density at radius 2 is 2.06 bits per heavy atom. The van der Waals surface area contributed by atoms with E-state index in [-0.39, 0.29) is 18.0 Å². The van der Waals surface area contributed by atoms with Crippen LogP contribution >= 0.6 is 11.6 Å². The van der Waals surface area contributed by atoms with Gasteiger partial charge in [-0.15, -0.1) is 0 Å². The third-order valence-corrected chi connectivity index (χ3v) is 2.95. The van der Waals surface area contributed by atoms with E-state index in [1.165, 1.54) is 23.1 Å². The maximum absolute atomic E-state index is 13.2. The summed E-state index contributed by atoms with van der Waals surface area (Å²) in [6, 6.07) is 4.06. The Hall–Kier alpha value is -0.900. The van der Waals surface area contributed by atoms with Crippen molar-refractivity contribution in [2.24, 2.45) is 0 Å². The first-order valence-electron chi connectivity index (χ1n) is 5.06. The summed E-state index contributed by atoms with van der Waals surface area (Å²) < 4.78 is 39.3. The van der Waals surface area contributed by atoms with Crippen molar-refractivity contribution in [3.8, 4) is 0 Å². The topological polar surface area (TPSA) is 3.24 Å². The molecule has 0 spiro atoms. The van der Waals surface area contributed by atoms with Crippen LogP contribution in [0.3, 0.4) is 0 Å². The van der Waals surface area contributed by atoms with Crippen molar-refractivity contribution in [1.82, 2.24) is 0 Å². The number of hydrogen-bond acceptors (Lipinski definition) is 1. The van der Waals surface area contributed by atoms with E-state index in [1.54, 1.807) is 0 Å². The number of anilines is 1. The minimum Gasteiger partial charge on any atom is -0.365 e. The lowest BCUT2D eigenvalue weighted by atomic mass is 10.1. The van der Waals surface area contributed by atoms with Crippen LogP contribution in [0.4, 0.5) is 18.9 Å². The smallest absolute Gasteiger partial charge is 0.265 e. The fraction of sp³-hybridized carbons (Fsp3) is 0.455. The standard InChI is InChI=1S/C11H11ClF3N/c12-9-6-8(2-3-10(9)13)16-5-1-4-11(14,15)7-16/h2-3,6H,1,4-5,7H2. The zero-order valence-corrected chi connectivity index (χ0v) is 9.28. The molecule has 0 N–H and O–H groups in total. The fourth-order valence-electron chi connectivity index (χ4n) is 1.87. The number of piperidine rings is 1. The van der Waals surface area contributed by atoms with Crippen LogP contribution in [0.5, 0.6) is 0 Å². The molecular formula is C11H11ClF3N. The summed E-state index contributed by atoms with van der Waals surface area (Å²) in [5.74, 6) is -3.20. The molecule has 88 valence electrons. The number of benzene rings is 1. The van der Waals surface area contributed by atoms with Gasteiger partial charge in [0.15, 0.2) is 0 Å². The molecule has 0 saturated carbocycles. The second-order valence-electron chi connectivity index (χ2n) is 3.98. The lowest BCUT2D eigenvalue weighted by Gasteiger charge is -2.34. The van der Waals surface area contributed by atoms with E-state index in [1.807, 2.05) is 0 Å². The van der Waals surface area contributed by atoms with Gasteiger partial charge in [-0.2, -0.15) is 0 Å². The minimum atomic E-state index is -2.67. The Balaban J connectivity index is 2.20. The second-order valence-corrected chi connectivity index (χ2v) is 4.39. The zero-order chi connectivity index (χ0) is 11.8. The Morgan fingerprint density at radius 1 is 1.31 bits per heavy atom. The van der Waals surface area contributed by atoms with E-state index in [0.717, 1.165) is 0 Å². The Morgan fingerprint density at radius 3 is 2.69 bits per heavy atom. The molecule has 1 aromatic carbocycles. The summed E-state index contributed by atoms with van der Waals surface area (Å²) in [6.45, 7) is 0.229. The third-order valence-electron chi connectivity index (χ3n) is 2.66. The van der Waals surface area contributed by atoms with E-state index in [9.17, 15) is 13.2 Å². The molecule has 1 aliphatic heterocycles. The van der Waals surface area contributed by atoms with Gasteiger partial charge in [-0.05, 0) is 24.6 Å². The van der Waals surface area contributed by atoms with Crippen LogP contribution in [-0.2, 0) is 0 Å². The number of halogens is 4. The van der Waals surface area contributed by atoms with Crippen LogP contribution in [0.1, 0.15) is 12.8 Å². The molecule has 1 heterocycles. The summed E-state index contributed by atoms with van der Waals surface area (Å²) in [7, 11) is 0. The van der Waals surface area contributed by atoms with Gasteiger partial charge < -0.3 is 4.90 Å². The molecule has 0 atom stereocenters. The van der Waals surface area contributed by atoms with Crippen LogP contribution in [0.25, 0.3) is 0 Å². The maximum Gasteiger partial charge on any atom is 0.265 e. The molecule has 2 rings (SSSR count). The van der Waals surface area contributed by atoms with E-state index in [4.69, 9.17) is 11.6 Å². The Kier molecular flexibility index (Phi) is 3.02. The fourth-order valence-corrected chi connectivity index (χ4v) is 2.04. The molecule has 5 heteroatoms. The average molecular weight is 250 g/mol. The third kappa shape index (κ3) is 2.43. The minimum absolute atomic E-state index is 0.0358. The van der Waals surface area contributed by atoms with Crippen LogP contribution in [0.2, 0.25) is 5.02 Å². The lowest BCUT2D eigenvalue weighted by molar-refractivity contribution is -0.0116. The molecule has 1 aromatic rings. The van der Waals surface area contributed by atoms with Crippen LogP contribution in [0.15, 0.2) is 18.2 Å². The quantitative estimate of drug-likeness (QED) is 0.733. The van der Waals surface area contributed by atoms with Gasteiger partial charge in [0, 0.05) is 18.7 Å². The summed E-state index contributed by atoms with van der Waals surface area (Å²) in [5, 5.41) is -0.0358. The summed E-state index contributed by atoms with van der Waals surface area (Å²) in [4.78, 5) is 1.54. The van der Waals surface area contributed by atoms with E-state index in [0.29, 0.717) is 18.7 Å². The predicted octanol–water partition coefficient (Wildman–Crippen LogP) is 3.71. The van der Waals surface area contributed by atoms with Gasteiger partial charge in [0.05, 0.1) is 11.6 Å². The SMILES string of the molecule is Fc1ccc(N2CCCC(F)(F)C2)cc1Cl. The maximum atomic E-state index is 13.2. The van der Waals surface area contributed by atoms with Crippen molar-refractivity contribution in [1.29, 1.82) is 0 Å². The molecule has 1 saturated heterocycles. The molecular weight excluding hydrogens is 239 g/mol. The monoisotopic (exact) mass is 249 g/mol. The molecule has 1 nitrogen and oxygen atoms in total. The highest BCUT2D eigenvalue weighted by Crippen LogP contribution is 2.31. The van der Waals surface area contributed by atoms with Gasteiger partial charge in [0.2, 0.25) is 0 Å². The second kappa shape index (κ2) is 4.17. The first kappa shape index (κ1) is 11.6. The van der Waals surface area contributed by atoms with Crippen molar-refractivity contribution < 1.29 is 13.2 Å². The lowest BCUT2D eigenvalue weighted by Crippen LogP contribution is -2.42. The molecule has 0 bridgehead atoms. The van der Waals surface area contributed by atoms with E-state index in [2.05, 4.69) is 0 Å². The highest BCUT2D eigenvalue weighted by Gasteiger charge is 2.35. The predicted molar refractivity (Wildman–Crippen MR) is 57.8 cm³/mol. The summed E-state index contributed by atoms with van der Waals surface area (Å²) in [5.41, 5.74) is 0.547. The zero-order valence-electron chi connectivity index (χ0n) is 8.52. The highest BCUT2D eigenvalue weighted by molar-refractivity contribution is 6.31. The average Bonchev–Trinajstić information content (AvgIpc) is 2.20. The largest absolute Gasteiger partial charge is 0.365 e. The van der Waals surface area contributed by atoms with E-state index < -0.39 is 11.7 Å². The van der Waals surface area contributed by atoms with Crippen molar-refractivity contribution in [3.05, 3.63) is 29.0 Å². The Labute approximate surface area is 96.8 Å². The van der Waals surface area contributed by atoms with Gasteiger partial charge in [-0.3, -0.25) is 0 Å². The normalized spacial score (nSPS) is 19.9. The molecule has 16 heavy (non-hydrogen) atoms. The molecule has 0 amide bonds. The number of rotatable bonds is 1. The molecule has 0 aliphatic carbocycles. The van der Waals surface area contributed by atoms with Gasteiger partial charge in [-0.25, -0.2) is 13.2 Å². The van der Waals surface area contributed by atoms with Crippen LogP contribution in [0, 0.1) is 5.82 Å². The first-order chi connectivity index (χ1) is 7.48. The van der Waals surface area contributed by atoms with E-state index >= 15 is 0 Å². The highest BCUT2D eigenvalue weighted by atomic mass is 35.5. The first-order valence-corrected chi connectivity index (χ1v) is 5.44. The van der Waals surface area contributed by atoms with Gasteiger partial charge >= 0.3 is 0 Å². The number of nitrogens with zero attached hydrogens (tertiary/aromatic N) is 1. The van der Waals surface area contributed by atoms with Crippen molar-refractivity contribution >= 4 is 17.3 Å². The van der Waals surface area contributed by atoms with Gasteiger partial charge in [0.1, 0.15) is 5.82 Å². The molecule has 1 fully saturated rings. The van der Waals surface area contributed by atoms with Gasteiger partial charge in [-0.1, -0.05) is 11.6 Å². The Bertz CT molecular complexity index is 395. The van der Waals surface area contributed by atoms with Crippen LogP contribution in [-0.4, -0.2) is 19.0 Å². The van der Waals surface area contributed by atoms with Crippen LogP contribution < -0.4 is 4.90 Å². The molecule has 0 radical (unpaired) electrons. The number of hydrogen-bond donors (Lipinski definition) is 0. The molecule has 0 aromatic heterocycles.